The summed E-state index contributed by atoms with van der Waals surface area (Å²) in [6.45, 7) is 2.95. The van der Waals surface area contributed by atoms with E-state index in [2.05, 4.69) is 22.3 Å². The summed E-state index contributed by atoms with van der Waals surface area (Å²) >= 11 is 0. The summed E-state index contributed by atoms with van der Waals surface area (Å²) in [6.07, 6.45) is 4.39. The maximum Gasteiger partial charge on any atom is 0.212 e. The van der Waals surface area contributed by atoms with Gasteiger partial charge in [0.15, 0.2) is 5.75 Å². The lowest BCUT2D eigenvalue weighted by molar-refractivity contribution is 0.392. The van der Waals surface area contributed by atoms with Crippen LogP contribution in [0, 0.1) is 0 Å². The van der Waals surface area contributed by atoms with Crippen LogP contribution in [0.5, 0.6) is 11.6 Å². The van der Waals surface area contributed by atoms with E-state index in [-0.39, 0.29) is 6.04 Å². The van der Waals surface area contributed by atoms with Crippen molar-refractivity contribution in [2.24, 2.45) is 7.05 Å². The number of rotatable bonds is 7. The fraction of sp³-hybridized carbons (Fsp3) is 0.467. The molecule has 1 unspecified atom stereocenters. The van der Waals surface area contributed by atoms with Gasteiger partial charge in [-0.3, -0.25) is 4.68 Å². The van der Waals surface area contributed by atoms with Gasteiger partial charge in [0.25, 0.3) is 0 Å². The summed E-state index contributed by atoms with van der Waals surface area (Å²) in [5.41, 5.74) is 2.17. The maximum absolute atomic E-state index is 5.41. The summed E-state index contributed by atoms with van der Waals surface area (Å²) in [7, 11) is 5.21. The van der Waals surface area contributed by atoms with Crippen molar-refractivity contribution in [3.63, 3.8) is 0 Å². The average molecular weight is 290 g/mol. The molecule has 2 aromatic rings. The smallest absolute Gasteiger partial charge is 0.212 e. The number of aromatic nitrogens is 3. The molecule has 0 amide bonds. The second kappa shape index (κ2) is 7.08. The van der Waals surface area contributed by atoms with Gasteiger partial charge in [-0.1, -0.05) is 13.0 Å². The lowest BCUT2D eigenvalue weighted by Gasteiger charge is -2.19. The lowest BCUT2D eigenvalue weighted by Crippen LogP contribution is -2.25. The molecule has 21 heavy (non-hydrogen) atoms. The van der Waals surface area contributed by atoms with Crippen molar-refractivity contribution in [2.75, 3.05) is 20.8 Å². The number of aryl methyl sites for hydroxylation is 1. The Labute approximate surface area is 125 Å². The van der Waals surface area contributed by atoms with E-state index in [0.29, 0.717) is 5.88 Å². The summed E-state index contributed by atoms with van der Waals surface area (Å²) < 4.78 is 12.3. The zero-order valence-electron chi connectivity index (χ0n) is 13.0. The normalized spacial score (nSPS) is 12.2. The molecule has 0 bridgehead atoms. The first kappa shape index (κ1) is 15.3. The van der Waals surface area contributed by atoms with Crippen molar-refractivity contribution in [3.05, 3.63) is 35.8 Å². The van der Waals surface area contributed by atoms with E-state index in [0.717, 1.165) is 30.0 Å². The van der Waals surface area contributed by atoms with E-state index >= 15 is 0 Å². The van der Waals surface area contributed by atoms with E-state index in [1.807, 2.05) is 30.1 Å². The molecular formula is C15H22N4O2. The first-order chi connectivity index (χ1) is 10.2. The fourth-order valence-corrected chi connectivity index (χ4v) is 2.38. The van der Waals surface area contributed by atoms with Crippen LogP contribution in [-0.4, -0.2) is 35.5 Å². The number of pyridine rings is 1. The highest BCUT2D eigenvalue weighted by Gasteiger charge is 2.20. The van der Waals surface area contributed by atoms with Crippen LogP contribution in [0.15, 0.2) is 24.5 Å². The predicted molar refractivity (Wildman–Crippen MR) is 80.7 cm³/mol. The van der Waals surface area contributed by atoms with Gasteiger partial charge in [-0.05, 0) is 18.5 Å². The molecule has 0 radical (unpaired) electrons. The minimum atomic E-state index is 0.118. The minimum Gasteiger partial charge on any atom is -0.493 e. The van der Waals surface area contributed by atoms with Crippen molar-refractivity contribution in [1.29, 1.82) is 0 Å². The molecule has 0 spiro atoms. The van der Waals surface area contributed by atoms with Gasteiger partial charge in [0, 0.05) is 19.3 Å². The van der Waals surface area contributed by atoms with Gasteiger partial charge in [-0.25, -0.2) is 4.98 Å². The molecule has 6 heteroatoms. The SMILES string of the molecule is CCNC(Cc1ccc(OC)nc1)c1c(OC)cnn1C. The van der Waals surface area contributed by atoms with Gasteiger partial charge >= 0.3 is 0 Å². The van der Waals surface area contributed by atoms with Crippen LogP contribution in [0.2, 0.25) is 0 Å². The number of nitrogens with zero attached hydrogens (tertiary/aromatic N) is 3. The summed E-state index contributed by atoms with van der Waals surface area (Å²) in [5, 5.41) is 7.75. The molecule has 0 aliphatic rings. The zero-order valence-corrected chi connectivity index (χ0v) is 13.0. The molecule has 0 aliphatic heterocycles. The van der Waals surface area contributed by atoms with Crippen molar-refractivity contribution in [3.8, 4) is 11.6 Å². The van der Waals surface area contributed by atoms with E-state index < -0.39 is 0 Å². The Bertz CT molecular complexity index is 566. The largest absolute Gasteiger partial charge is 0.493 e. The second-order valence-corrected chi connectivity index (χ2v) is 4.74. The first-order valence-corrected chi connectivity index (χ1v) is 6.97. The molecule has 0 saturated heterocycles. The average Bonchev–Trinajstić information content (AvgIpc) is 2.88. The maximum atomic E-state index is 5.41. The first-order valence-electron chi connectivity index (χ1n) is 6.97. The molecule has 2 rings (SSSR count). The van der Waals surface area contributed by atoms with Crippen molar-refractivity contribution >= 4 is 0 Å². The number of hydrogen-bond donors (Lipinski definition) is 1. The Hall–Kier alpha value is -2.08. The molecule has 114 valence electrons. The highest BCUT2D eigenvalue weighted by molar-refractivity contribution is 5.30. The van der Waals surface area contributed by atoms with E-state index in [1.54, 1.807) is 20.4 Å². The third kappa shape index (κ3) is 3.52. The molecule has 2 heterocycles. The number of likely N-dealkylation sites (N-methyl/N-ethyl adjacent to an activating group) is 1. The number of hydrogen-bond acceptors (Lipinski definition) is 5. The van der Waals surface area contributed by atoms with E-state index in [9.17, 15) is 0 Å². The monoisotopic (exact) mass is 290 g/mol. The van der Waals surface area contributed by atoms with Crippen molar-refractivity contribution in [2.45, 2.75) is 19.4 Å². The predicted octanol–water partition coefficient (Wildman–Crippen LogP) is 1.73. The molecule has 0 saturated carbocycles. The fourth-order valence-electron chi connectivity index (χ4n) is 2.38. The molecule has 2 aromatic heterocycles. The number of ether oxygens (including phenoxy) is 2. The highest BCUT2D eigenvalue weighted by Crippen LogP contribution is 2.27. The third-order valence-corrected chi connectivity index (χ3v) is 3.40. The minimum absolute atomic E-state index is 0.118. The van der Waals surface area contributed by atoms with Crippen LogP contribution in [-0.2, 0) is 13.5 Å². The summed E-state index contributed by atoms with van der Waals surface area (Å²) in [4.78, 5) is 4.25. The van der Waals surface area contributed by atoms with Gasteiger partial charge in [0.05, 0.1) is 32.2 Å². The van der Waals surface area contributed by atoms with Gasteiger partial charge in [-0.15, -0.1) is 0 Å². The molecule has 0 aliphatic carbocycles. The Kier molecular flexibility index (Phi) is 5.16. The third-order valence-electron chi connectivity index (χ3n) is 3.40. The van der Waals surface area contributed by atoms with Crippen LogP contribution >= 0.6 is 0 Å². The molecule has 6 nitrogen and oxygen atoms in total. The molecule has 1 atom stereocenters. The molecular weight excluding hydrogens is 268 g/mol. The van der Waals surface area contributed by atoms with Crippen LogP contribution < -0.4 is 14.8 Å². The van der Waals surface area contributed by atoms with Crippen LogP contribution in [0.25, 0.3) is 0 Å². The molecule has 0 fully saturated rings. The Morgan fingerprint density at radius 2 is 2.05 bits per heavy atom. The topological polar surface area (TPSA) is 61.2 Å². The van der Waals surface area contributed by atoms with Gasteiger partial charge in [0.2, 0.25) is 5.88 Å². The highest BCUT2D eigenvalue weighted by atomic mass is 16.5. The molecule has 1 N–H and O–H groups in total. The van der Waals surface area contributed by atoms with Crippen LogP contribution in [0.3, 0.4) is 0 Å². The Balaban J connectivity index is 2.23. The van der Waals surface area contributed by atoms with E-state index in [1.165, 1.54) is 0 Å². The van der Waals surface area contributed by atoms with Crippen molar-refractivity contribution in [1.82, 2.24) is 20.1 Å². The molecule has 0 aromatic carbocycles. The van der Waals surface area contributed by atoms with Crippen LogP contribution in [0.1, 0.15) is 24.2 Å². The Morgan fingerprint density at radius 3 is 2.62 bits per heavy atom. The summed E-state index contributed by atoms with van der Waals surface area (Å²) in [6, 6.07) is 4.02. The number of methoxy groups -OCH3 is 2. The Morgan fingerprint density at radius 1 is 1.24 bits per heavy atom. The van der Waals surface area contributed by atoms with Crippen LogP contribution in [0.4, 0.5) is 0 Å². The quantitative estimate of drug-likeness (QED) is 0.841. The van der Waals surface area contributed by atoms with Crippen molar-refractivity contribution < 1.29 is 9.47 Å². The number of nitrogens with one attached hydrogen (secondary N) is 1. The summed E-state index contributed by atoms with van der Waals surface area (Å²) in [5.74, 6) is 1.42. The second-order valence-electron chi connectivity index (χ2n) is 4.74. The lowest BCUT2D eigenvalue weighted by atomic mass is 10.0. The van der Waals surface area contributed by atoms with Gasteiger partial charge in [-0.2, -0.15) is 5.10 Å². The zero-order chi connectivity index (χ0) is 15.2. The van der Waals surface area contributed by atoms with E-state index in [4.69, 9.17) is 9.47 Å². The van der Waals surface area contributed by atoms with Gasteiger partial charge < -0.3 is 14.8 Å². The van der Waals surface area contributed by atoms with Gasteiger partial charge in [0.1, 0.15) is 0 Å². The standard InChI is InChI=1S/C15H22N4O2/c1-5-16-12(15-13(20-3)10-18-19(15)2)8-11-6-7-14(21-4)17-9-11/h6-7,9-10,12,16H,5,8H2,1-4H3.